The SMILES string of the molecule is C[C@H](c1nc2ccccc2s1)N(C)C(=O)COC(=O)c1ccc(CO)cc1. The fourth-order valence-corrected chi connectivity index (χ4v) is 3.57. The van der Waals surface area contributed by atoms with Gasteiger partial charge in [-0.1, -0.05) is 24.3 Å². The number of esters is 1. The Balaban J connectivity index is 1.60. The Bertz CT molecular complexity index is 919. The van der Waals surface area contributed by atoms with E-state index in [-0.39, 0.29) is 25.2 Å². The Labute approximate surface area is 161 Å². The van der Waals surface area contributed by atoms with Crippen molar-refractivity contribution >= 4 is 33.4 Å². The molecule has 0 saturated carbocycles. The molecule has 1 heterocycles. The lowest BCUT2D eigenvalue weighted by Gasteiger charge is -2.23. The summed E-state index contributed by atoms with van der Waals surface area (Å²) in [5, 5.41) is 9.86. The summed E-state index contributed by atoms with van der Waals surface area (Å²) in [4.78, 5) is 30.6. The molecule has 1 atom stereocenters. The number of hydrogen-bond acceptors (Lipinski definition) is 6. The average Bonchev–Trinajstić information content (AvgIpc) is 3.15. The Hall–Kier alpha value is -2.77. The van der Waals surface area contributed by atoms with E-state index >= 15 is 0 Å². The number of carbonyl (C=O) groups excluding carboxylic acids is 2. The van der Waals surface area contributed by atoms with Gasteiger partial charge in [-0.05, 0) is 36.8 Å². The number of likely N-dealkylation sites (N-methyl/N-ethyl adjacent to an activating group) is 1. The van der Waals surface area contributed by atoms with Gasteiger partial charge in [0.05, 0.1) is 28.4 Å². The van der Waals surface area contributed by atoms with E-state index in [2.05, 4.69) is 4.98 Å². The highest BCUT2D eigenvalue weighted by Gasteiger charge is 2.22. The molecule has 3 aromatic rings. The van der Waals surface area contributed by atoms with Gasteiger partial charge in [-0.15, -0.1) is 11.3 Å². The monoisotopic (exact) mass is 384 g/mol. The highest BCUT2D eigenvalue weighted by Crippen LogP contribution is 2.28. The molecule has 0 saturated heterocycles. The van der Waals surface area contributed by atoms with Crippen molar-refractivity contribution < 1.29 is 19.4 Å². The number of carbonyl (C=O) groups is 2. The fraction of sp³-hybridized carbons (Fsp3) is 0.250. The third kappa shape index (κ3) is 4.32. The van der Waals surface area contributed by atoms with Crippen molar-refractivity contribution in [2.75, 3.05) is 13.7 Å². The molecule has 0 fully saturated rings. The Morgan fingerprint density at radius 2 is 1.89 bits per heavy atom. The Kier molecular flexibility index (Phi) is 5.83. The van der Waals surface area contributed by atoms with Gasteiger partial charge in [-0.2, -0.15) is 0 Å². The molecule has 0 aliphatic heterocycles. The van der Waals surface area contributed by atoms with Gasteiger partial charge in [0.2, 0.25) is 0 Å². The summed E-state index contributed by atoms with van der Waals surface area (Å²) in [6.07, 6.45) is 0. The van der Waals surface area contributed by atoms with E-state index in [9.17, 15) is 9.59 Å². The van der Waals surface area contributed by atoms with E-state index in [1.165, 1.54) is 4.90 Å². The molecule has 140 valence electrons. The molecule has 6 nitrogen and oxygen atoms in total. The van der Waals surface area contributed by atoms with Crippen molar-refractivity contribution in [3.05, 3.63) is 64.7 Å². The first kappa shape index (κ1) is 19.0. The predicted octanol–water partition coefficient (Wildman–Crippen LogP) is 3.17. The van der Waals surface area contributed by atoms with E-state index in [0.717, 1.165) is 15.2 Å². The first-order chi connectivity index (χ1) is 13.0. The number of ether oxygens (including phenoxy) is 1. The molecule has 1 amide bonds. The zero-order valence-corrected chi connectivity index (χ0v) is 15.9. The lowest BCUT2D eigenvalue weighted by atomic mass is 10.1. The number of aliphatic hydroxyl groups is 1. The number of fused-ring (bicyclic) bond motifs is 1. The van der Waals surface area contributed by atoms with Gasteiger partial charge in [0.1, 0.15) is 5.01 Å². The van der Waals surface area contributed by atoms with E-state index in [1.807, 2.05) is 31.2 Å². The summed E-state index contributed by atoms with van der Waals surface area (Å²) in [5.74, 6) is -0.879. The van der Waals surface area contributed by atoms with Crippen LogP contribution in [0.25, 0.3) is 10.2 Å². The minimum absolute atomic E-state index is 0.0950. The van der Waals surface area contributed by atoms with Crippen molar-refractivity contribution in [1.82, 2.24) is 9.88 Å². The van der Waals surface area contributed by atoms with Crippen LogP contribution in [-0.4, -0.2) is 40.5 Å². The number of aromatic nitrogens is 1. The number of nitrogens with zero attached hydrogens (tertiary/aromatic N) is 2. The molecule has 2 aromatic carbocycles. The maximum absolute atomic E-state index is 12.4. The van der Waals surface area contributed by atoms with Gasteiger partial charge in [0.25, 0.3) is 5.91 Å². The van der Waals surface area contributed by atoms with E-state index in [4.69, 9.17) is 9.84 Å². The molecular weight excluding hydrogens is 364 g/mol. The quantitative estimate of drug-likeness (QED) is 0.661. The predicted molar refractivity (Wildman–Crippen MR) is 103 cm³/mol. The zero-order chi connectivity index (χ0) is 19.4. The average molecular weight is 384 g/mol. The van der Waals surface area contributed by atoms with Crippen molar-refractivity contribution in [3.63, 3.8) is 0 Å². The molecule has 0 bridgehead atoms. The van der Waals surface area contributed by atoms with Crippen LogP contribution in [0.3, 0.4) is 0 Å². The second-order valence-electron chi connectivity index (χ2n) is 6.13. The third-order valence-corrected chi connectivity index (χ3v) is 5.55. The minimum atomic E-state index is -0.575. The molecule has 1 aromatic heterocycles. The number of para-hydroxylation sites is 1. The largest absolute Gasteiger partial charge is 0.452 e. The van der Waals surface area contributed by atoms with Crippen LogP contribution in [0.2, 0.25) is 0 Å². The topological polar surface area (TPSA) is 79.7 Å². The maximum atomic E-state index is 12.4. The number of hydrogen-bond donors (Lipinski definition) is 1. The van der Waals surface area contributed by atoms with Gasteiger partial charge in [0, 0.05) is 7.05 Å². The summed E-state index contributed by atoms with van der Waals surface area (Å²) in [7, 11) is 1.67. The van der Waals surface area contributed by atoms with Crippen molar-refractivity contribution in [3.8, 4) is 0 Å². The normalized spacial score (nSPS) is 12.0. The molecule has 0 aliphatic rings. The van der Waals surface area contributed by atoms with E-state index in [0.29, 0.717) is 11.1 Å². The van der Waals surface area contributed by atoms with Crippen LogP contribution in [-0.2, 0) is 16.1 Å². The highest BCUT2D eigenvalue weighted by atomic mass is 32.1. The third-order valence-electron chi connectivity index (χ3n) is 4.34. The molecule has 0 unspecified atom stereocenters. The summed E-state index contributed by atoms with van der Waals surface area (Å²) < 4.78 is 6.19. The Morgan fingerprint density at radius 3 is 2.56 bits per heavy atom. The number of benzene rings is 2. The lowest BCUT2D eigenvalue weighted by molar-refractivity contribution is -0.135. The number of rotatable bonds is 6. The van der Waals surface area contributed by atoms with Crippen LogP contribution in [0, 0.1) is 0 Å². The maximum Gasteiger partial charge on any atom is 0.338 e. The zero-order valence-electron chi connectivity index (χ0n) is 15.1. The summed E-state index contributed by atoms with van der Waals surface area (Å²) in [5.41, 5.74) is 1.94. The highest BCUT2D eigenvalue weighted by molar-refractivity contribution is 7.18. The van der Waals surface area contributed by atoms with Gasteiger partial charge in [-0.3, -0.25) is 4.79 Å². The van der Waals surface area contributed by atoms with Crippen LogP contribution in [0.1, 0.15) is 33.9 Å². The number of amides is 1. The summed E-state index contributed by atoms with van der Waals surface area (Å²) in [6.45, 7) is 1.46. The van der Waals surface area contributed by atoms with Crippen LogP contribution < -0.4 is 0 Å². The Morgan fingerprint density at radius 1 is 1.19 bits per heavy atom. The standard InChI is InChI=1S/C20H20N2O4S/c1-13(19-21-16-5-3-4-6-17(16)27-19)22(2)18(24)12-26-20(25)15-9-7-14(11-23)8-10-15/h3-10,13,23H,11-12H2,1-2H3/t13-/m1/s1. The lowest BCUT2D eigenvalue weighted by Crippen LogP contribution is -2.33. The fourth-order valence-electron chi connectivity index (χ4n) is 2.51. The van der Waals surface area contributed by atoms with Crippen molar-refractivity contribution in [1.29, 1.82) is 0 Å². The first-order valence-electron chi connectivity index (χ1n) is 8.47. The van der Waals surface area contributed by atoms with Gasteiger partial charge in [-0.25, -0.2) is 9.78 Å². The van der Waals surface area contributed by atoms with Crippen LogP contribution in [0.15, 0.2) is 48.5 Å². The molecule has 27 heavy (non-hydrogen) atoms. The summed E-state index contributed by atoms with van der Waals surface area (Å²) in [6, 6.07) is 14.0. The minimum Gasteiger partial charge on any atom is -0.452 e. The van der Waals surface area contributed by atoms with Gasteiger partial charge in [0.15, 0.2) is 6.61 Å². The smallest absolute Gasteiger partial charge is 0.338 e. The molecule has 0 spiro atoms. The van der Waals surface area contributed by atoms with Crippen molar-refractivity contribution in [2.24, 2.45) is 0 Å². The first-order valence-corrected chi connectivity index (χ1v) is 9.29. The molecule has 0 radical (unpaired) electrons. The molecule has 7 heteroatoms. The number of thiazole rings is 1. The van der Waals surface area contributed by atoms with Gasteiger partial charge >= 0.3 is 5.97 Å². The van der Waals surface area contributed by atoms with Crippen molar-refractivity contribution in [2.45, 2.75) is 19.6 Å². The second-order valence-corrected chi connectivity index (χ2v) is 7.19. The molecular formula is C20H20N2O4S. The van der Waals surface area contributed by atoms with E-state index in [1.54, 1.807) is 42.6 Å². The van der Waals surface area contributed by atoms with Gasteiger partial charge < -0.3 is 14.7 Å². The molecule has 0 aliphatic carbocycles. The second kappa shape index (κ2) is 8.28. The number of aliphatic hydroxyl groups excluding tert-OH is 1. The molecule has 3 rings (SSSR count). The van der Waals surface area contributed by atoms with Crippen LogP contribution >= 0.6 is 11.3 Å². The molecule has 1 N–H and O–H groups in total. The van der Waals surface area contributed by atoms with Crippen LogP contribution in [0.5, 0.6) is 0 Å². The van der Waals surface area contributed by atoms with E-state index < -0.39 is 5.97 Å². The van der Waals surface area contributed by atoms with Crippen LogP contribution in [0.4, 0.5) is 0 Å². The summed E-state index contributed by atoms with van der Waals surface area (Å²) >= 11 is 1.54.